The van der Waals surface area contributed by atoms with Crippen molar-refractivity contribution >= 4 is 45.0 Å². The van der Waals surface area contributed by atoms with Crippen LogP contribution in [0.1, 0.15) is 10.6 Å². The number of aryl methyl sites for hydroxylation is 1. The SMILES string of the molecule is Cc1ccc(Cl)cc1N/C=C(\C#N)c1nc(-c2ccc3ccccc3c2)cs1. The largest absolute Gasteiger partial charge is 0.360 e. The zero-order valence-corrected chi connectivity index (χ0v) is 16.7. The second-order valence-electron chi connectivity index (χ2n) is 6.37. The number of fused-ring (bicyclic) bond motifs is 1. The van der Waals surface area contributed by atoms with E-state index in [1.807, 2.05) is 42.6 Å². The molecule has 0 aliphatic heterocycles. The third kappa shape index (κ3) is 3.77. The van der Waals surface area contributed by atoms with Crippen LogP contribution in [0.2, 0.25) is 5.02 Å². The molecule has 0 atom stereocenters. The van der Waals surface area contributed by atoms with Crippen LogP contribution in [-0.4, -0.2) is 4.98 Å². The van der Waals surface area contributed by atoms with Gasteiger partial charge in [0.25, 0.3) is 0 Å². The lowest BCUT2D eigenvalue weighted by Crippen LogP contribution is -1.93. The summed E-state index contributed by atoms with van der Waals surface area (Å²) in [5.41, 5.74) is 4.31. The summed E-state index contributed by atoms with van der Waals surface area (Å²) in [6, 6.07) is 22.4. The summed E-state index contributed by atoms with van der Waals surface area (Å²) in [7, 11) is 0. The number of nitrogens with zero attached hydrogens (tertiary/aromatic N) is 2. The summed E-state index contributed by atoms with van der Waals surface area (Å²) in [6.07, 6.45) is 1.68. The Bertz CT molecular complexity index is 1230. The second kappa shape index (κ2) is 7.85. The lowest BCUT2D eigenvalue weighted by molar-refractivity contribution is 1.36. The highest BCUT2D eigenvalue weighted by atomic mass is 35.5. The predicted octanol–water partition coefficient (Wildman–Crippen LogP) is 6.90. The van der Waals surface area contributed by atoms with Gasteiger partial charge in [-0.3, -0.25) is 0 Å². The van der Waals surface area contributed by atoms with Crippen molar-refractivity contribution in [3.8, 4) is 17.3 Å². The van der Waals surface area contributed by atoms with Gasteiger partial charge in [0.2, 0.25) is 0 Å². The molecule has 1 heterocycles. The number of anilines is 1. The van der Waals surface area contributed by atoms with Crippen molar-refractivity contribution in [1.82, 2.24) is 4.98 Å². The van der Waals surface area contributed by atoms with E-state index in [0.717, 1.165) is 22.5 Å². The molecule has 0 saturated carbocycles. The van der Waals surface area contributed by atoms with Crippen molar-refractivity contribution in [3.05, 3.63) is 87.8 Å². The van der Waals surface area contributed by atoms with E-state index < -0.39 is 0 Å². The molecule has 0 spiro atoms. The van der Waals surface area contributed by atoms with E-state index in [-0.39, 0.29) is 0 Å². The second-order valence-corrected chi connectivity index (χ2v) is 7.67. The predicted molar refractivity (Wildman–Crippen MR) is 118 cm³/mol. The van der Waals surface area contributed by atoms with Gasteiger partial charge in [0.1, 0.15) is 16.6 Å². The fraction of sp³-hybridized carbons (Fsp3) is 0.0435. The number of hydrogen-bond donors (Lipinski definition) is 1. The van der Waals surface area contributed by atoms with Gasteiger partial charge >= 0.3 is 0 Å². The van der Waals surface area contributed by atoms with Crippen molar-refractivity contribution in [3.63, 3.8) is 0 Å². The van der Waals surface area contributed by atoms with Gasteiger partial charge in [0.15, 0.2) is 0 Å². The molecule has 0 aliphatic rings. The van der Waals surface area contributed by atoms with Gasteiger partial charge in [-0.2, -0.15) is 5.26 Å². The average Bonchev–Trinajstić information content (AvgIpc) is 3.20. The maximum atomic E-state index is 9.58. The van der Waals surface area contributed by atoms with Gasteiger partial charge in [-0.25, -0.2) is 4.98 Å². The first-order valence-electron chi connectivity index (χ1n) is 8.72. The van der Waals surface area contributed by atoms with E-state index in [9.17, 15) is 5.26 Å². The van der Waals surface area contributed by atoms with Gasteiger partial charge in [-0.1, -0.05) is 54.1 Å². The number of rotatable bonds is 4. The number of allylic oxidation sites excluding steroid dienone is 1. The maximum Gasteiger partial charge on any atom is 0.136 e. The molecule has 0 fully saturated rings. The van der Waals surface area contributed by atoms with Crippen LogP contribution in [0, 0.1) is 18.3 Å². The molecule has 0 aliphatic carbocycles. The quantitative estimate of drug-likeness (QED) is 0.378. The monoisotopic (exact) mass is 401 g/mol. The molecule has 0 bridgehead atoms. The Labute approximate surface area is 172 Å². The highest BCUT2D eigenvalue weighted by Gasteiger charge is 2.10. The summed E-state index contributed by atoms with van der Waals surface area (Å²) in [5.74, 6) is 0. The van der Waals surface area contributed by atoms with E-state index in [0.29, 0.717) is 15.6 Å². The van der Waals surface area contributed by atoms with Crippen LogP contribution in [0.25, 0.3) is 27.6 Å². The van der Waals surface area contributed by atoms with Crippen LogP contribution in [-0.2, 0) is 0 Å². The molecule has 4 rings (SSSR count). The van der Waals surface area contributed by atoms with Crippen molar-refractivity contribution in [2.75, 3.05) is 5.32 Å². The molecule has 3 aromatic carbocycles. The molecule has 3 nitrogen and oxygen atoms in total. The Hall–Kier alpha value is -3.13. The number of aromatic nitrogens is 1. The number of thiazole rings is 1. The molecule has 4 aromatic rings. The lowest BCUT2D eigenvalue weighted by Gasteiger charge is -2.06. The van der Waals surface area contributed by atoms with Crippen molar-refractivity contribution in [2.45, 2.75) is 6.92 Å². The fourth-order valence-corrected chi connectivity index (χ4v) is 3.89. The minimum atomic E-state index is 0.483. The number of hydrogen-bond acceptors (Lipinski definition) is 4. The Morgan fingerprint density at radius 2 is 1.93 bits per heavy atom. The Kier molecular flexibility index (Phi) is 5.12. The topological polar surface area (TPSA) is 48.7 Å². The maximum absolute atomic E-state index is 9.58. The number of nitriles is 1. The van der Waals surface area contributed by atoms with Crippen molar-refractivity contribution in [2.24, 2.45) is 0 Å². The molecular formula is C23H16ClN3S. The first-order valence-corrected chi connectivity index (χ1v) is 9.98. The van der Waals surface area contributed by atoms with Crippen LogP contribution >= 0.6 is 22.9 Å². The summed E-state index contributed by atoms with van der Waals surface area (Å²) < 4.78 is 0. The van der Waals surface area contributed by atoms with Crippen molar-refractivity contribution < 1.29 is 0 Å². The zero-order valence-electron chi connectivity index (χ0n) is 15.1. The van der Waals surface area contributed by atoms with Gasteiger partial charge in [-0.15, -0.1) is 11.3 Å². The summed E-state index contributed by atoms with van der Waals surface area (Å²) in [5, 5.41) is 18.4. The van der Waals surface area contributed by atoms with Crippen LogP contribution in [0.15, 0.2) is 72.2 Å². The standard InChI is InChI=1S/C23H16ClN3S/c1-15-6-9-20(24)11-21(15)26-13-19(12-25)23-27-22(14-28-23)18-8-7-16-4-2-3-5-17(16)10-18/h2-11,13-14,26H,1H3/b19-13+. The van der Waals surface area contributed by atoms with Crippen molar-refractivity contribution in [1.29, 1.82) is 5.26 Å². The molecule has 0 saturated heterocycles. The first kappa shape index (κ1) is 18.2. The van der Waals surface area contributed by atoms with Gasteiger partial charge in [0, 0.05) is 27.9 Å². The van der Waals surface area contributed by atoms with E-state index in [4.69, 9.17) is 11.6 Å². The summed E-state index contributed by atoms with van der Waals surface area (Å²) >= 11 is 7.52. The summed E-state index contributed by atoms with van der Waals surface area (Å²) in [4.78, 5) is 4.67. The smallest absolute Gasteiger partial charge is 0.136 e. The molecular weight excluding hydrogens is 386 g/mol. The highest BCUT2D eigenvalue weighted by Crippen LogP contribution is 2.29. The molecule has 1 N–H and O–H groups in total. The normalized spacial score (nSPS) is 11.4. The molecule has 0 radical (unpaired) electrons. The lowest BCUT2D eigenvalue weighted by atomic mass is 10.1. The van der Waals surface area contributed by atoms with E-state index in [2.05, 4.69) is 46.7 Å². The van der Waals surface area contributed by atoms with E-state index in [1.165, 1.54) is 22.1 Å². The van der Waals surface area contributed by atoms with Crippen LogP contribution in [0.4, 0.5) is 5.69 Å². The first-order chi connectivity index (χ1) is 13.6. The number of halogens is 1. The van der Waals surface area contributed by atoms with Gasteiger partial charge in [-0.05, 0) is 41.5 Å². The van der Waals surface area contributed by atoms with Crippen LogP contribution in [0.3, 0.4) is 0 Å². The Morgan fingerprint density at radius 3 is 2.75 bits per heavy atom. The third-order valence-corrected chi connectivity index (χ3v) is 5.58. The minimum absolute atomic E-state index is 0.483. The molecule has 28 heavy (non-hydrogen) atoms. The number of benzene rings is 3. The van der Waals surface area contributed by atoms with E-state index in [1.54, 1.807) is 6.20 Å². The summed E-state index contributed by atoms with van der Waals surface area (Å²) in [6.45, 7) is 1.99. The number of nitrogens with one attached hydrogen (secondary N) is 1. The van der Waals surface area contributed by atoms with Crippen LogP contribution in [0.5, 0.6) is 0 Å². The highest BCUT2D eigenvalue weighted by molar-refractivity contribution is 7.11. The minimum Gasteiger partial charge on any atom is -0.360 e. The third-order valence-electron chi connectivity index (χ3n) is 4.47. The molecule has 1 aromatic heterocycles. The molecule has 136 valence electrons. The fourth-order valence-electron chi connectivity index (χ4n) is 2.92. The molecule has 5 heteroatoms. The van der Waals surface area contributed by atoms with Gasteiger partial charge in [0.05, 0.1) is 5.69 Å². The molecule has 0 unspecified atom stereocenters. The van der Waals surface area contributed by atoms with Gasteiger partial charge < -0.3 is 5.32 Å². The Morgan fingerprint density at radius 1 is 1.11 bits per heavy atom. The Balaban J connectivity index is 1.62. The average molecular weight is 402 g/mol. The molecule has 0 amide bonds. The zero-order chi connectivity index (χ0) is 19.5. The van der Waals surface area contributed by atoms with Crippen LogP contribution < -0.4 is 5.32 Å². The van der Waals surface area contributed by atoms with E-state index >= 15 is 0 Å².